The molecule has 5 rings (SSSR count). The van der Waals surface area contributed by atoms with Crippen LogP contribution in [0.3, 0.4) is 0 Å². The van der Waals surface area contributed by atoms with E-state index in [0.717, 1.165) is 69.1 Å². The summed E-state index contributed by atoms with van der Waals surface area (Å²) in [5.41, 5.74) is 1.27. The number of piperidine rings is 1. The number of benzene rings is 1. The highest BCUT2D eigenvalue weighted by Gasteiger charge is 2.21. The molecule has 2 saturated heterocycles. The highest BCUT2D eigenvalue weighted by molar-refractivity contribution is 5.45. The summed E-state index contributed by atoms with van der Waals surface area (Å²) in [5, 5.41) is 0. The van der Waals surface area contributed by atoms with Crippen molar-refractivity contribution >= 4 is 11.8 Å². The number of anilines is 2. The average molecular weight is 381 g/mol. The Balaban J connectivity index is 1.19. The fourth-order valence-electron chi connectivity index (χ4n) is 4.19. The summed E-state index contributed by atoms with van der Waals surface area (Å²) in [6, 6.07) is 8.29. The van der Waals surface area contributed by atoms with Crippen molar-refractivity contribution in [2.75, 3.05) is 55.9 Å². The Labute approximate surface area is 165 Å². The van der Waals surface area contributed by atoms with Gasteiger partial charge in [0.1, 0.15) is 5.82 Å². The van der Waals surface area contributed by atoms with Gasteiger partial charge < -0.3 is 19.3 Å². The molecule has 1 aromatic carbocycles. The Morgan fingerprint density at radius 1 is 0.821 bits per heavy atom. The third-order valence-corrected chi connectivity index (χ3v) is 5.81. The zero-order valence-electron chi connectivity index (χ0n) is 16.2. The van der Waals surface area contributed by atoms with Crippen LogP contribution < -0.4 is 19.3 Å². The Morgan fingerprint density at radius 2 is 1.64 bits per heavy atom. The lowest BCUT2D eigenvalue weighted by Crippen LogP contribution is -2.46. The molecule has 3 aliphatic rings. The van der Waals surface area contributed by atoms with E-state index in [1.54, 1.807) is 0 Å². The molecule has 0 bridgehead atoms. The van der Waals surface area contributed by atoms with Crippen molar-refractivity contribution in [3.63, 3.8) is 0 Å². The minimum atomic E-state index is 0.329. The first kappa shape index (κ1) is 17.6. The number of nitrogens with zero attached hydrogens (tertiary/aromatic N) is 5. The third-order valence-electron chi connectivity index (χ3n) is 5.81. The molecule has 0 unspecified atom stereocenters. The SMILES string of the molecule is c1cc(N2CCN(Cc3ccc4c(c3)OCO4)CC2)nc(N2CCCCC2)n1. The van der Waals surface area contributed by atoms with Crippen LogP contribution in [-0.2, 0) is 6.54 Å². The average Bonchev–Trinajstić information content (AvgIpc) is 3.23. The summed E-state index contributed by atoms with van der Waals surface area (Å²) < 4.78 is 10.9. The molecule has 0 spiro atoms. The summed E-state index contributed by atoms with van der Waals surface area (Å²) >= 11 is 0. The summed E-state index contributed by atoms with van der Waals surface area (Å²) in [4.78, 5) is 16.6. The van der Waals surface area contributed by atoms with E-state index >= 15 is 0 Å². The summed E-state index contributed by atoms with van der Waals surface area (Å²) in [7, 11) is 0. The van der Waals surface area contributed by atoms with Crippen LogP contribution in [0.2, 0.25) is 0 Å². The van der Waals surface area contributed by atoms with Gasteiger partial charge in [-0.3, -0.25) is 4.90 Å². The Bertz CT molecular complexity index is 816. The molecular formula is C21H27N5O2. The molecule has 0 amide bonds. The van der Waals surface area contributed by atoms with Crippen LogP contribution in [0, 0.1) is 0 Å². The van der Waals surface area contributed by atoms with Crippen LogP contribution in [0.25, 0.3) is 0 Å². The van der Waals surface area contributed by atoms with E-state index in [1.165, 1.54) is 24.8 Å². The zero-order valence-corrected chi connectivity index (χ0v) is 16.2. The minimum absolute atomic E-state index is 0.329. The molecule has 2 fully saturated rings. The van der Waals surface area contributed by atoms with Gasteiger partial charge in [0, 0.05) is 52.0 Å². The highest BCUT2D eigenvalue weighted by atomic mass is 16.7. The maximum atomic E-state index is 5.50. The van der Waals surface area contributed by atoms with Gasteiger partial charge >= 0.3 is 0 Å². The molecule has 7 heteroatoms. The van der Waals surface area contributed by atoms with E-state index in [0.29, 0.717) is 6.79 Å². The van der Waals surface area contributed by atoms with E-state index in [1.807, 2.05) is 18.3 Å². The van der Waals surface area contributed by atoms with E-state index in [9.17, 15) is 0 Å². The van der Waals surface area contributed by atoms with Crippen LogP contribution in [-0.4, -0.2) is 60.9 Å². The molecule has 1 aromatic heterocycles. The van der Waals surface area contributed by atoms with Crippen LogP contribution in [0.4, 0.5) is 11.8 Å². The molecule has 0 N–H and O–H groups in total. The number of fused-ring (bicyclic) bond motifs is 1. The predicted octanol–water partition coefficient (Wildman–Crippen LogP) is 2.52. The monoisotopic (exact) mass is 381 g/mol. The second kappa shape index (κ2) is 7.83. The molecular weight excluding hydrogens is 354 g/mol. The van der Waals surface area contributed by atoms with Crippen molar-refractivity contribution in [2.45, 2.75) is 25.8 Å². The number of aromatic nitrogens is 2. The van der Waals surface area contributed by atoms with Gasteiger partial charge in [-0.05, 0) is 43.0 Å². The second-order valence-corrected chi connectivity index (χ2v) is 7.71. The maximum Gasteiger partial charge on any atom is 0.231 e. The standard InChI is InChI=1S/C21H27N5O2/c1-2-8-26(9-3-1)21-22-7-6-20(23-21)25-12-10-24(11-13-25)15-17-4-5-18-19(14-17)28-16-27-18/h4-7,14H,1-3,8-13,15-16H2. The van der Waals surface area contributed by atoms with Gasteiger partial charge in [-0.2, -0.15) is 4.98 Å². The topological polar surface area (TPSA) is 54.0 Å². The first-order valence-electron chi connectivity index (χ1n) is 10.3. The van der Waals surface area contributed by atoms with E-state index in [4.69, 9.17) is 14.5 Å². The number of hydrogen-bond acceptors (Lipinski definition) is 7. The van der Waals surface area contributed by atoms with Crippen molar-refractivity contribution in [1.29, 1.82) is 0 Å². The van der Waals surface area contributed by atoms with Gasteiger partial charge in [-0.25, -0.2) is 4.98 Å². The molecule has 0 atom stereocenters. The Kier molecular flexibility index (Phi) is 4.91. The van der Waals surface area contributed by atoms with Gasteiger partial charge in [-0.15, -0.1) is 0 Å². The molecule has 148 valence electrons. The highest BCUT2D eigenvalue weighted by Crippen LogP contribution is 2.33. The summed E-state index contributed by atoms with van der Waals surface area (Å²) in [5.74, 6) is 3.66. The van der Waals surface area contributed by atoms with Crippen molar-refractivity contribution in [2.24, 2.45) is 0 Å². The third kappa shape index (κ3) is 3.71. The van der Waals surface area contributed by atoms with E-state index in [2.05, 4.69) is 31.8 Å². The normalized spacial score (nSPS) is 19.9. The van der Waals surface area contributed by atoms with Gasteiger partial charge in [-0.1, -0.05) is 6.07 Å². The Hall–Kier alpha value is -2.54. The number of rotatable bonds is 4. The molecule has 4 heterocycles. The van der Waals surface area contributed by atoms with E-state index in [-0.39, 0.29) is 0 Å². The first-order valence-corrected chi connectivity index (χ1v) is 10.3. The fraction of sp³-hybridized carbons (Fsp3) is 0.524. The smallest absolute Gasteiger partial charge is 0.231 e. The largest absolute Gasteiger partial charge is 0.454 e. The molecule has 0 radical (unpaired) electrons. The maximum absolute atomic E-state index is 5.50. The molecule has 2 aromatic rings. The number of piperazine rings is 1. The molecule has 28 heavy (non-hydrogen) atoms. The predicted molar refractivity (Wildman–Crippen MR) is 108 cm³/mol. The number of ether oxygens (including phenoxy) is 2. The quantitative estimate of drug-likeness (QED) is 0.807. The van der Waals surface area contributed by atoms with Crippen molar-refractivity contribution in [3.05, 3.63) is 36.0 Å². The second-order valence-electron chi connectivity index (χ2n) is 7.71. The molecule has 7 nitrogen and oxygen atoms in total. The Morgan fingerprint density at radius 3 is 2.50 bits per heavy atom. The fourth-order valence-corrected chi connectivity index (χ4v) is 4.19. The van der Waals surface area contributed by atoms with E-state index < -0.39 is 0 Å². The minimum Gasteiger partial charge on any atom is -0.454 e. The van der Waals surface area contributed by atoms with Gasteiger partial charge in [0.15, 0.2) is 11.5 Å². The number of hydrogen-bond donors (Lipinski definition) is 0. The van der Waals surface area contributed by atoms with Gasteiger partial charge in [0.2, 0.25) is 12.7 Å². The zero-order chi connectivity index (χ0) is 18.8. The van der Waals surface area contributed by atoms with Crippen molar-refractivity contribution in [3.8, 4) is 11.5 Å². The molecule has 3 aliphatic heterocycles. The van der Waals surface area contributed by atoms with Crippen LogP contribution >= 0.6 is 0 Å². The van der Waals surface area contributed by atoms with Gasteiger partial charge in [0.25, 0.3) is 0 Å². The lowest BCUT2D eigenvalue weighted by Gasteiger charge is -2.36. The van der Waals surface area contributed by atoms with Crippen LogP contribution in [0.5, 0.6) is 11.5 Å². The van der Waals surface area contributed by atoms with Crippen LogP contribution in [0.15, 0.2) is 30.5 Å². The lowest BCUT2D eigenvalue weighted by atomic mass is 10.1. The molecule has 0 aliphatic carbocycles. The van der Waals surface area contributed by atoms with Gasteiger partial charge in [0.05, 0.1) is 0 Å². The van der Waals surface area contributed by atoms with Crippen molar-refractivity contribution < 1.29 is 9.47 Å². The summed E-state index contributed by atoms with van der Waals surface area (Å²) in [6.45, 7) is 7.44. The van der Waals surface area contributed by atoms with Crippen LogP contribution in [0.1, 0.15) is 24.8 Å². The summed E-state index contributed by atoms with van der Waals surface area (Å²) in [6.07, 6.45) is 5.71. The van der Waals surface area contributed by atoms with Crippen molar-refractivity contribution in [1.82, 2.24) is 14.9 Å². The lowest BCUT2D eigenvalue weighted by molar-refractivity contribution is 0.174. The molecule has 0 saturated carbocycles. The first-order chi connectivity index (χ1) is 13.8.